The Balaban J connectivity index is 1.33. The summed E-state index contributed by atoms with van der Waals surface area (Å²) in [6, 6.07) is 8.43. The van der Waals surface area contributed by atoms with Crippen molar-refractivity contribution in [2.24, 2.45) is 0 Å². The fourth-order valence-corrected chi connectivity index (χ4v) is 6.62. The van der Waals surface area contributed by atoms with E-state index in [1.54, 1.807) is 17.8 Å². The third-order valence-electron chi connectivity index (χ3n) is 8.71. The first kappa shape index (κ1) is 28.0. The van der Waals surface area contributed by atoms with Crippen LogP contribution in [0.15, 0.2) is 36.8 Å². The van der Waals surface area contributed by atoms with Crippen molar-refractivity contribution in [2.75, 3.05) is 20.3 Å². The van der Waals surface area contributed by atoms with Crippen LogP contribution in [0.25, 0.3) is 16.8 Å². The number of hydrogen-bond donors (Lipinski definition) is 2. The summed E-state index contributed by atoms with van der Waals surface area (Å²) in [6.07, 6.45) is 13.7. The largest absolute Gasteiger partial charge is 0.493 e. The highest BCUT2D eigenvalue weighted by Crippen LogP contribution is 2.40. The second-order valence-corrected chi connectivity index (χ2v) is 11.1. The van der Waals surface area contributed by atoms with E-state index in [4.69, 9.17) is 21.0 Å². The summed E-state index contributed by atoms with van der Waals surface area (Å²) in [5.74, 6) is 0.514. The summed E-state index contributed by atoms with van der Waals surface area (Å²) in [4.78, 5) is 6.74. The number of terminal acetylenes is 1. The molecular formula is C31H36FN7O3. The Morgan fingerprint density at radius 2 is 2.00 bits per heavy atom. The van der Waals surface area contributed by atoms with E-state index in [-0.39, 0.29) is 12.6 Å². The first-order valence-electron chi connectivity index (χ1n) is 14.4. The van der Waals surface area contributed by atoms with Crippen molar-refractivity contribution in [1.29, 1.82) is 0 Å². The average molecular weight is 574 g/mol. The first-order chi connectivity index (χ1) is 20.4. The van der Waals surface area contributed by atoms with Gasteiger partial charge in [0.05, 0.1) is 49.7 Å². The number of pyridine rings is 2. The highest BCUT2D eigenvalue weighted by molar-refractivity contribution is 5.75. The van der Waals surface area contributed by atoms with E-state index in [0.717, 1.165) is 61.8 Å². The third kappa shape index (κ3) is 5.05. The monoisotopic (exact) mass is 573 g/mol. The maximum absolute atomic E-state index is 13.5. The van der Waals surface area contributed by atoms with Crippen molar-refractivity contribution in [3.05, 3.63) is 59.6 Å². The molecule has 0 amide bonds. The van der Waals surface area contributed by atoms with Gasteiger partial charge in [0.1, 0.15) is 5.82 Å². The molecular weight excluding hydrogens is 537 g/mol. The molecule has 1 aliphatic heterocycles. The molecule has 220 valence electrons. The second-order valence-electron chi connectivity index (χ2n) is 11.1. The molecule has 0 bridgehead atoms. The Kier molecular flexibility index (Phi) is 7.75. The van der Waals surface area contributed by atoms with Crippen molar-refractivity contribution in [2.45, 2.75) is 70.3 Å². The van der Waals surface area contributed by atoms with Crippen LogP contribution in [0.3, 0.4) is 0 Å². The van der Waals surface area contributed by atoms with Crippen LogP contribution < -0.4 is 14.8 Å². The van der Waals surface area contributed by atoms with Crippen molar-refractivity contribution < 1.29 is 19.0 Å². The Bertz CT molecular complexity index is 1600. The van der Waals surface area contributed by atoms with Crippen LogP contribution in [0, 0.1) is 25.2 Å². The van der Waals surface area contributed by atoms with Gasteiger partial charge in [0, 0.05) is 42.5 Å². The molecule has 0 radical (unpaired) electrons. The van der Waals surface area contributed by atoms with E-state index < -0.39 is 11.9 Å². The maximum atomic E-state index is 13.5. The van der Waals surface area contributed by atoms with Crippen LogP contribution in [0.2, 0.25) is 0 Å². The van der Waals surface area contributed by atoms with Crippen LogP contribution in [0.4, 0.5) is 4.39 Å². The standard InChI is InChI=1S/C31H36FN7O3/c1-5-33-23-7-9-24(10-8-23)37-12-13-38-30(20(37)3)19(2)29(36-38)21-14-26(31-27(41-4)16-35-39(31)17-21)42-28(18-40)25-11-6-22(32)15-34-25/h1,6,11,14-17,20,23-24,28,33,40H,7-10,12-13,18H2,2-4H3/t20-,23?,24?,28+/m0/s1. The van der Waals surface area contributed by atoms with E-state index in [2.05, 4.69) is 44.9 Å². The summed E-state index contributed by atoms with van der Waals surface area (Å²) in [5.41, 5.74) is 5.02. The molecule has 0 saturated heterocycles. The van der Waals surface area contributed by atoms with Gasteiger partial charge >= 0.3 is 0 Å². The first-order valence-corrected chi connectivity index (χ1v) is 14.4. The number of halogens is 1. The normalized spacial score (nSPS) is 21.5. The van der Waals surface area contributed by atoms with E-state index in [9.17, 15) is 9.50 Å². The zero-order valence-electron chi connectivity index (χ0n) is 24.1. The minimum absolute atomic E-state index is 0.217. The molecule has 0 unspecified atom stereocenters. The summed E-state index contributed by atoms with van der Waals surface area (Å²) >= 11 is 0. The number of aliphatic hydroxyl groups is 1. The molecule has 6 rings (SSSR count). The quantitative estimate of drug-likeness (QED) is 0.241. The molecule has 4 aromatic heterocycles. The molecule has 1 fully saturated rings. The molecule has 2 atom stereocenters. The molecule has 0 aromatic carbocycles. The van der Waals surface area contributed by atoms with E-state index in [1.165, 1.54) is 17.8 Å². The number of nitrogens with one attached hydrogen (secondary N) is 1. The Labute approximate surface area is 244 Å². The molecule has 5 heterocycles. The number of ether oxygens (including phenoxy) is 2. The van der Waals surface area contributed by atoms with Gasteiger partial charge in [-0.3, -0.25) is 14.6 Å². The van der Waals surface area contributed by atoms with Crippen LogP contribution in [-0.4, -0.2) is 66.7 Å². The molecule has 42 heavy (non-hydrogen) atoms. The number of nitrogens with zero attached hydrogens (tertiary/aromatic N) is 6. The maximum Gasteiger partial charge on any atom is 0.168 e. The molecule has 10 nitrogen and oxygen atoms in total. The lowest BCUT2D eigenvalue weighted by molar-refractivity contribution is 0.0773. The van der Waals surface area contributed by atoms with E-state index >= 15 is 0 Å². The number of fused-ring (bicyclic) bond motifs is 2. The molecule has 2 N–H and O–H groups in total. The van der Waals surface area contributed by atoms with Crippen molar-refractivity contribution >= 4 is 5.52 Å². The number of methoxy groups -OCH3 is 1. The number of aliphatic hydroxyl groups excluding tert-OH is 1. The Hall–Kier alpha value is -4.14. The van der Waals surface area contributed by atoms with Gasteiger partial charge in [-0.25, -0.2) is 8.91 Å². The summed E-state index contributed by atoms with van der Waals surface area (Å²) < 4.78 is 29.2. The van der Waals surface area contributed by atoms with Gasteiger partial charge in [0.15, 0.2) is 23.1 Å². The number of rotatable bonds is 8. The van der Waals surface area contributed by atoms with Gasteiger partial charge in [-0.1, -0.05) is 6.42 Å². The molecule has 1 saturated carbocycles. The highest BCUT2D eigenvalue weighted by Gasteiger charge is 2.35. The zero-order valence-corrected chi connectivity index (χ0v) is 24.1. The van der Waals surface area contributed by atoms with Crippen molar-refractivity contribution in [3.63, 3.8) is 0 Å². The minimum Gasteiger partial charge on any atom is -0.493 e. The van der Waals surface area contributed by atoms with E-state index in [1.807, 2.05) is 12.3 Å². The number of hydrogen-bond acceptors (Lipinski definition) is 8. The molecule has 1 aliphatic carbocycles. The van der Waals surface area contributed by atoms with Crippen LogP contribution in [0.1, 0.15) is 61.7 Å². The Morgan fingerprint density at radius 3 is 2.69 bits per heavy atom. The third-order valence-corrected chi connectivity index (χ3v) is 8.71. The zero-order chi connectivity index (χ0) is 29.4. The SMILES string of the molecule is C#CNC1CCC(N2CCn3nc(-c4cc(O[C@H](CO)c5ccc(F)cn5)c5c(OC)cnn5c4)c(C)c3[C@@H]2C)CC1. The molecule has 4 aromatic rings. The van der Waals surface area contributed by atoms with Crippen LogP contribution in [0.5, 0.6) is 11.5 Å². The van der Waals surface area contributed by atoms with E-state index in [0.29, 0.717) is 34.8 Å². The lowest BCUT2D eigenvalue weighted by Crippen LogP contribution is -2.47. The second kappa shape index (κ2) is 11.6. The van der Waals surface area contributed by atoms with Crippen LogP contribution >= 0.6 is 0 Å². The predicted molar refractivity (Wildman–Crippen MR) is 155 cm³/mol. The van der Waals surface area contributed by atoms with Gasteiger partial charge in [0.25, 0.3) is 0 Å². The molecule has 11 heteroatoms. The van der Waals surface area contributed by atoms with Crippen molar-refractivity contribution in [1.82, 2.24) is 34.6 Å². The smallest absolute Gasteiger partial charge is 0.168 e. The summed E-state index contributed by atoms with van der Waals surface area (Å²) in [6.45, 7) is 5.80. The van der Waals surface area contributed by atoms with Gasteiger partial charge < -0.3 is 19.9 Å². The van der Waals surface area contributed by atoms with Gasteiger partial charge in [-0.05, 0) is 63.3 Å². The highest BCUT2D eigenvalue weighted by atomic mass is 19.1. The number of aromatic nitrogens is 5. The lowest BCUT2D eigenvalue weighted by Gasteiger charge is -2.43. The fourth-order valence-electron chi connectivity index (χ4n) is 6.62. The minimum atomic E-state index is -0.819. The van der Waals surface area contributed by atoms with Gasteiger partial charge in [0.2, 0.25) is 0 Å². The topological polar surface area (TPSA) is 102 Å². The average Bonchev–Trinajstić information content (AvgIpc) is 3.58. The summed E-state index contributed by atoms with van der Waals surface area (Å²) in [5, 5.41) is 22.9. The summed E-state index contributed by atoms with van der Waals surface area (Å²) in [7, 11) is 1.57. The van der Waals surface area contributed by atoms with Gasteiger partial charge in [-0.2, -0.15) is 10.2 Å². The van der Waals surface area contributed by atoms with Gasteiger partial charge in [-0.15, -0.1) is 0 Å². The predicted octanol–water partition coefficient (Wildman–Crippen LogP) is 4.03. The fraction of sp³-hybridized carbons (Fsp3) is 0.452. The Morgan fingerprint density at radius 1 is 1.19 bits per heavy atom. The van der Waals surface area contributed by atoms with Crippen molar-refractivity contribution in [3.8, 4) is 35.2 Å². The van der Waals surface area contributed by atoms with Crippen LogP contribution in [-0.2, 0) is 6.54 Å². The molecule has 0 spiro atoms. The lowest BCUT2D eigenvalue weighted by atomic mass is 9.88. The molecule has 2 aliphatic rings.